The number of ether oxygens (including phenoxy) is 1. The molecule has 0 radical (unpaired) electrons. The number of alkyl halides is 1. The Kier molecular flexibility index (Phi) is 1.12. The van der Waals surface area contributed by atoms with Crippen LogP contribution in [-0.4, -0.2) is 22.6 Å². The van der Waals surface area contributed by atoms with Gasteiger partial charge in [0.25, 0.3) is 0 Å². The molecule has 0 aromatic carbocycles. The van der Waals surface area contributed by atoms with E-state index in [9.17, 15) is 4.39 Å². The topological polar surface area (TPSA) is 27.1 Å². The van der Waals surface area contributed by atoms with Gasteiger partial charge in [-0.25, -0.2) is 9.07 Å². The fourth-order valence-corrected chi connectivity index (χ4v) is 0.996. The molecule has 4 heteroatoms. The number of fused-ring (bicyclic) bond motifs is 1. The highest BCUT2D eigenvalue weighted by molar-refractivity contribution is 5.09. The van der Waals surface area contributed by atoms with Crippen LogP contribution in [0.5, 0.6) is 5.88 Å². The summed E-state index contributed by atoms with van der Waals surface area (Å²) >= 11 is 0. The number of nitrogens with zero attached hydrogens (tertiary/aromatic N) is 2. The van der Waals surface area contributed by atoms with Crippen molar-refractivity contribution in [1.82, 2.24) is 9.78 Å². The van der Waals surface area contributed by atoms with Crippen LogP contribution in [0.4, 0.5) is 4.39 Å². The summed E-state index contributed by atoms with van der Waals surface area (Å²) in [6.45, 7) is 0.480. The summed E-state index contributed by atoms with van der Waals surface area (Å²) < 4.78 is 19.1. The van der Waals surface area contributed by atoms with Gasteiger partial charge < -0.3 is 4.74 Å². The van der Waals surface area contributed by atoms with Crippen LogP contribution in [0.3, 0.4) is 0 Å². The normalized spacial score (nSPS) is 23.5. The molecule has 0 fully saturated rings. The molecule has 1 atom stereocenters. The fourth-order valence-electron chi connectivity index (χ4n) is 0.996. The summed E-state index contributed by atoms with van der Waals surface area (Å²) in [5, 5.41) is 3.86. The van der Waals surface area contributed by atoms with Crippen LogP contribution in [-0.2, 0) is 6.54 Å². The third-order valence-electron chi connectivity index (χ3n) is 1.46. The van der Waals surface area contributed by atoms with Gasteiger partial charge >= 0.3 is 0 Å². The smallest absolute Gasteiger partial charge is 0.211 e. The molecule has 0 saturated carbocycles. The van der Waals surface area contributed by atoms with Crippen LogP contribution < -0.4 is 4.74 Å². The minimum atomic E-state index is -0.910. The van der Waals surface area contributed by atoms with Crippen LogP contribution in [0.1, 0.15) is 0 Å². The second-order valence-corrected chi connectivity index (χ2v) is 2.26. The van der Waals surface area contributed by atoms with Crippen LogP contribution in [0.2, 0.25) is 0 Å². The van der Waals surface area contributed by atoms with Gasteiger partial charge in [-0.05, 0) is 0 Å². The number of aromatic nitrogens is 2. The molecule has 2 heterocycles. The Labute approximate surface area is 57.4 Å². The van der Waals surface area contributed by atoms with Crippen molar-refractivity contribution in [3.8, 4) is 5.88 Å². The lowest BCUT2D eigenvalue weighted by Crippen LogP contribution is -2.26. The molecular formula is C6H7FN2O. The molecular weight excluding hydrogens is 135 g/mol. The Morgan fingerprint density at radius 2 is 2.70 bits per heavy atom. The standard InChI is InChI=1S/C6H7FN2O/c7-5-3-9-6(10-4-5)1-2-8-9/h1-2,5H,3-4H2/t5-/m1/s1. The van der Waals surface area contributed by atoms with Gasteiger partial charge in [-0.15, -0.1) is 0 Å². The van der Waals surface area contributed by atoms with E-state index in [4.69, 9.17) is 4.74 Å². The van der Waals surface area contributed by atoms with Gasteiger partial charge in [0, 0.05) is 6.07 Å². The second kappa shape index (κ2) is 1.97. The Morgan fingerprint density at radius 1 is 1.80 bits per heavy atom. The minimum Gasteiger partial charge on any atom is -0.475 e. The average Bonchev–Trinajstić information content (AvgIpc) is 2.33. The van der Waals surface area contributed by atoms with Gasteiger partial charge in [0.15, 0.2) is 6.17 Å². The largest absolute Gasteiger partial charge is 0.475 e. The fraction of sp³-hybridized carbons (Fsp3) is 0.500. The predicted octanol–water partition coefficient (Wildman–Crippen LogP) is 0.614. The molecule has 0 N–H and O–H groups in total. The van der Waals surface area contributed by atoms with Crippen molar-refractivity contribution in [2.45, 2.75) is 12.7 Å². The summed E-state index contributed by atoms with van der Waals surface area (Å²) in [5.41, 5.74) is 0. The molecule has 54 valence electrons. The van der Waals surface area contributed by atoms with Gasteiger partial charge in [-0.1, -0.05) is 0 Å². The third kappa shape index (κ3) is 0.761. The van der Waals surface area contributed by atoms with E-state index in [2.05, 4.69) is 5.10 Å². The van der Waals surface area contributed by atoms with E-state index in [0.717, 1.165) is 0 Å². The lowest BCUT2D eigenvalue weighted by Gasteiger charge is -2.17. The van der Waals surface area contributed by atoms with Crippen molar-refractivity contribution < 1.29 is 9.13 Å². The van der Waals surface area contributed by atoms with Crippen LogP contribution in [0.25, 0.3) is 0 Å². The molecule has 1 aromatic rings. The maximum atomic E-state index is 12.6. The Morgan fingerprint density at radius 3 is 3.60 bits per heavy atom. The average molecular weight is 142 g/mol. The molecule has 2 rings (SSSR count). The summed E-state index contributed by atoms with van der Waals surface area (Å²) in [4.78, 5) is 0. The molecule has 0 saturated heterocycles. The van der Waals surface area contributed by atoms with Crippen molar-refractivity contribution in [3.63, 3.8) is 0 Å². The Balaban J connectivity index is 2.30. The van der Waals surface area contributed by atoms with E-state index in [0.29, 0.717) is 12.4 Å². The molecule has 0 aliphatic carbocycles. The maximum Gasteiger partial charge on any atom is 0.211 e. The van der Waals surface area contributed by atoms with Crippen LogP contribution >= 0.6 is 0 Å². The van der Waals surface area contributed by atoms with Crippen molar-refractivity contribution in [2.75, 3.05) is 6.61 Å². The molecule has 1 aliphatic heterocycles. The summed E-state index contributed by atoms with van der Waals surface area (Å²) in [7, 11) is 0. The lowest BCUT2D eigenvalue weighted by atomic mass is 10.4. The monoisotopic (exact) mass is 142 g/mol. The van der Waals surface area contributed by atoms with Crippen molar-refractivity contribution in [1.29, 1.82) is 0 Å². The van der Waals surface area contributed by atoms with E-state index in [1.165, 1.54) is 4.68 Å². The molecule has 10 heavy (non-hydrogen) atoms. The maximum absolute atomic E-state index is 12.6. The van der Waals surface area contributed by atoms with Crippen LogP contribution in [0.15, 0.2) is 12.3 Å². The van der Waals surface area contributed by atoms with Crippen molar-refractivity contribution >= 4 is 0 Å². The van der Waals surface area contributed by atoms with Gasteiger partial charge in [0.1, 0.15) is 6.61 Å². The molecule has 0 amide bonds. The summed E-state index contributed by atoms with van der Waals surface area (Å²) in [6, 6.07) is 1.73. The van der Waals surface area contributed by atoms with E-state index >= 15 is 0 Å². The summed E-state index contributed by atoms with van der Waals surface area (Å²) in [6.07, 6.45) is 0.695. The first-order chi connectivity index (χ1) is 4.86. The highest BCUT2D eigenvalue weighted by Gasteiger charge is 2.17. The first-order valence-corrected chi connectivity index (χ1v) is 3.15. The first kappa shape index (κ1) is 5.70. The zero-order valence-corrected chi connectivity index (χ0v) is 5.33. The third-order valence-corrected chi connectivity index (χ3v) is 1.46. The zero-order valence-electron chi connectivity index (χ0n) is 5.33. The Hall–Kier alpha value is -1.06. The summed E-state index contributed by atoms with van der Waals surface area (Å²) in [5.74, 6) is 0.661. The quantitative estimate of drug-likeness (QED) is 0.530. The van der Waals surface area contributed by atoms with Gasteiger partial charge in [-0.3, -0.25) is 0 Å². The van der Waals surface area contributed by atoms with E-state index in [-0.39, 0.29) is 6.61 Å². The van der Waals surface area contributed by atoms with E-state index in [1.807, 2.05) is 0 Å². The number of hydrogen-bond donors (Lipinski definition) is 0. The SMILES string of the molecule is F[C@H]1COc2ccnn2C1. The zero-order chi connectivity index (χ0) is 6.97. The molecule has 3 nitrogen and oxygen atoms in total. The van der Waals surface area contributed by atoms with Gasteiger partial charge in [0.2, 0.25) is 5.88 Å². The second-order valence-electron chi connectivity index (χ2n) is 2.26. The molecule has 0 bridgehead atoms. The molecule has 0 unspecified atom stereocenters. The predicted molar refractivity (Wildman–Crippen MR) is 32.6 cm³/mol. The van der Waals surface area contributed by atoms with Crippen molar-refractivity contribution in [2.24, 2.45) is 0 Å². The lowest BCUT2D eigenvalue weighted by molar-refractivity contribution is 0.125. The van der Waals surface area contributed by atoms with Gasteiger partial charge in [0.05, 0.1) is 12.7 Å². The molecule has 1 aromatic heterocycles. The highest BCUT2D eigenvalue weighted by Crippen LogP contribution is 2.16. The highest BCUT2D eigenvalue weighted by atomic mass is 19.1. The molecule has 0 spiro atoms. The Bertz CT molecular complexity index is 235. The van der Waals surface area contributed by atoms with E-state index < -0.39 is 6.17 Å². The van der Waals surface area contributed by atoms with E-state index in [1.54, 1.807) is 12.3 Å². The molecule has 1 aliphatic rings. The first-order valence-electron chi connectivity index (χ1n) is 3.15. The number of halogens is 1. The van der Waals surface area contributed by atoms with Crippen LogP contribution in [0, 0.1) is 0 Å². The van der Waals surface area contributed by atoms with Crippen molar-refractivity contribution in [3.05, 3.63) is 12.3 Å². The van der Waals surface area contributed by atoms with Gasteiger partial charge in [-0.2, -0.15) is 5.10 Å². The number of hydrogen-bond acceptors (Lipinski definition) is 2. The number of rotatable bonds is 0. The minimum absolute atomic E-state index is 0.158.